The number of nitrogens with two attached hydrogens (primary N) is 1. The molecule has 0 bridgehead atoms. The number of anilines is 1. The summed E-state index contributed by atoms with van der Waals surface area (Å²) < 4.78 is 1.72. The number of rotatable bonds is 4. The third-order valence-corrected chi connectivity index (χ3v) is 2.73. The molecule has 7 nitrogen and oxygen atoms in total. The molecule has 0 aliphatic carbocycles. The molecule has 0 atom stereocenters. The smallest absolute Gasteiger partial charge is 0.253 e. The highest BCUT2D eigenvalue weighted by Crippen LogP contribution is 2.06. The summed E-state index contributed by atoms with van der Waals surface area (Å²) in [6.45, 7) is 2.35. The summed E-state index contributed by atoms with van der Waals surface area (Å²) in [7, 11) is 1.85. The fraction of sp³-hybridized carbons (Fsp3) is 0.250. The standard InChI is InChI=1S/C12H16N6O/c1-8-10(7-18(2)17-8)6-15-12(19)9-3-4-11(16-13)14-5-9/h3-5,7H,6,13H2,1-2H3,(H,14,16)(H,15,19). The van der Waals surface area contributed by atoms with Crippen molar-refractivity contribution in [1.29, 1.82) is 0 Å². The Labute approximate surface area is 110 Å². The van der Waals surface area contributed by atoms with Crippen molar-refractivity contribution in [2.45, 2.75) is 13.5 Å². The predicted molar refractivity (Wildman–Crippen MR) is 71.2 cm³/mol. The zero-order valence-electron chi connectivity index (χ0n) is 10.8. The molecule has 0 fully saturated rings. The molecule has 0 unspecified atom stereocenters. The van der Waals surface area contributed by atoms with Gasteiger partial charge in [0, 0.05) is 31.5 Å². The quantitative estimate of drug-likeness (QED) is 0.544. The van der Waals surface area contributed by atoms with E-state index in [9.17, 15) is 4.79 Å². The lowest BCUT2D eigenvalue weighted by Gasteiger charge is -2.05. The highest BCUT2D eigenvalue weighted by molar-refractivity contribution is 5.93. The van der Waals surface area contributed by atoms with E-state index >= 15 is 0 Å². The molecule has 100 valence electrons. The Morgan fingerprint density at radius 3 is 2.79 bits per heavy atom. The van der Waals surface area contributed by atoms with Crippen molar-refractivity contribution in [1.82, 2.24) is 20.1 Å². The SMILES string of the molecule is Cc1nn(C)cc1CNC(=O)c1ccc(NN)nc1. The van der Waals surface area contributed by atoms with Gasteiger partial charge in [0.2, 0.25) is 0 Å². The first-order valence-corrected chi connectivity index (χ1v) is 5.80. The van der Waals surface area contributed by atoms with E-state index in [4.69, 9.17) is 5.84 Å². The van der Waals surface area contributed by atoms with Crippen molar-refractivity contribution in [2.24, 2.45) is 12.9 Å². The summed E-state index contributed by atoms with van der Waals surface area (Å²) in [6.07, 6.45) is 3.36. The van der Waals surface area contributed by atoms with Crippen LogP contribution in [0.4, 0.5) is 5.82 Å². The Bertz CT molecular complexity index is 574. The largest absolute Gasteiger partial charge is 0.348 e. The monoisotopic (exact) mass is 260 g/mol. The number of nitrogen functional groups attached to an aromatic ring is 1. The first-order valence-electron chi connectivity index (χ1n) is 5.80. The van der Waals surface area contributed by atoms with Crippen molar-refractivity contribution in [3.05, 3.63) is 41.3 Å². The fourth-order valence-electron chi connectivity index (χ4n) is 1.71. The van der Waals surface area contributed by atoms with Gasteiger partial charge in [-0.3, -0.25) is 9.48 Å². The van der Waals surface area contributed by atoms with E-state index in [2.05, 4.69) is 20.8 Å². The van der Waals surface area contributed by atoms with Crippen molar-refractivity contribution in [2.75, 3.05) is 5.43 Å². The van der Waals surface area contributed by atoms with Gasteiger partial charge in [-0.2, -0.15) is 5.10 Å². The summed E-state index contributed by atoms with van der Waals surface area (Å²) in [5.74, 6) is 5.54. The number of nitrogens with one attached hydrogen (secondary N) is 2. The van der Waals surface area contributed by atoms with E-state index in [-0.39, 0.29) is 5.91 Å². The Morgan fingerprint density at radius 2 is 2.26 bits per heavy atom. The molecule has 4 N–H and O–H groups in total. The number of pyridine rings is 1. The van der Waals surface area contributed by atoms with Gasteiger partial charge in [0.25, 0.3) is 5.91 Å². The molecular formula is C12H16N6O. The Balaban J connectivity index is 1.99. The molecule has 2 heterocycles. The van der Waals surface area contributed by atoms with Crippen LogP contribution in [0.2, 0.25) is 0 Å². The van der Waals surface area contributed by atoms with Gasteiger partial charge in [-0.05, 0) is 19.1 Å². The van der Waals surface area contributed by atoms with Crippen molar-refractivity contribution < 1.29 is 4.79 Å². The fourth-order valence-corrected chi connectivity index (χ4v) is 1.71. The van der Waals surface area contributed by atoms with E-state index in [1.54, 1.807) is 16.8 Å². The number of hydrogen-bond donors (Lipinski definition) is 3. The molecule has 0 aromatic carbocycles. The molecule has 7 heteroatoms. The van der Waals surface area contributed by atoms with Gasteiger partial charge in [-0.1, -0.05) is 0 Å². The maximum atomic E-state index is 11.9. The van der Waals surface area contributed by atoms with Crippen molar-refractivity contribution >= 4 is 11.7 Å². The zero-order chi connectivity index (χ0) is 13.8. The second kappa shape index (κ2) is 5.49. The van der Waals surface area contributed by atoms with Crippen molar-refractivity contribution in [3.8, 4) is 0 Å². The van der Waals surface area contributed by atoms with Gasteiger partial charge >= 0.3 is 0 Å². The first-order chi connectivity index (χ1) is 9.10. The minimum atomic E-state index is -0.181. The third kappa shape index (κ3) is 3.08. The highest BCUT2D eigenvalue weighted by Gasteiger charge is 2.08. The number of amides is 1. The van der Waals surface area contributed by atoms with Gasteiger partial charge in [0.1, 0.15) is 5.82 Å². The molecule has 0 radical (unpaired) electrons. The van der Waals surface area contributed by atoms with Crippen LogP contribution in [0.5, 0.6) is 0 Å². The van der Waals surface area contributed by atoms with Crippen LogP contribution in [-0.2, 0) is 13.6 Å². The number of carbonyl (C=O) groups excluding carboxylic acids is 1. The maximum Gasteiger partial charge on any atom is 0.253 e. The molecule has 0 saturated carbocycles. The molecule has 2 aromatic heterocycles. The van der Waals surface area contributed by atoms with Gasteiger partial charge in [0.05, 0.1) is 11.3 Å². The number of aromatic nitrogens is 3. The van der Waals surface area contributed by atoms with Crippen LogP contribution in [0.15, 0.2) is 24.5 Å². The van der Waals surface area contributed by atoms with Crippen LogP contribution < -0.4 is 16.6 Å². The van der Waals surface area contributed by atoms with E-state index in [1.165, 1.54) is 6.20 Å². The average molecular weight is 260 g/mol. The topological polar surface area (TPSA) is 97.9 Å². The van der Waals surface area contributed by atoms with Gasteiger partial charge in [-0.25, -0.2) is 10.8 Å². The van der Waals surface area contributed by atoms with E-state index < -0.39 is 0 Å². The number of hydrogen-bond acceptors (Lipinski definition) is 5. The summed E-state index contributed by atoms with van der Waals surface area (Å²) in [5, 5.41) is 7.04. The van der Waals surface area contributed by atoms with E-state index in [0.717, 1.165) is 11.3 Å². The molecule has 0 spiro atoms. The lowest BCUT2D eigenvalue weighted by Crippen LogP contribution is -2.23. The summed E-state index contributed by atoms with van der Waals surface area (Å²) in [4.78, 5) is 15.9. The van der Waals surface area contributed by atoms with Crippen LogP contribution in [0.1, 0.15) is 21.6 Å². The minimum absolute atomic E-state index is 0.181. The molecule has 0 saturated heterocycles. The van der Waals surface area contributed by atoms with E-state index in [0.29, 0.717) is 17.9 Å². The number of carbonyl (C=O) groups is 1. The second-order valence-corrected chi connectivity index (χ2v) is 4.17. The molecule has 1 amide bonds. The van der Waals surface area contributed by atoms with Gasteiger partial charge < -0.3 is 10.7 Å². The molecule has 0 aliphatic rings. The van der Waals surface area contributed by atoms with Crippen LogP contribution in [0.3, 0.4) is 0 Å². The lowest BCUT2D eigenvalue weighted by molar-refractivity contribution is 0.0950. The summed E-state index contributed by atoms with van der Waals surface area (Å²) >= 11 is 0. The third-order valence-electron chi connectivity index (χ3n) is 2.73. The molecule has 2 rings (SSSR count). The molecule has 0 aliphatic heterocycles. The number of aryl methyl sites for hydroxylation is 2. The summed E-state index contributed by atoms with van der Waals surface area (Å²) in [5.41, 5.74) is 4.79. The average Bonchev–Trinajstić information content (AvgIpc) is 2.74. The van der Waals surface area contributed by atoms with Crippen LogP contribution in [-0.4, -0.2) is 20.7 Å². The number of hydrazine groups is 1. The second-order valence-electron chi connectivity index (χ2n) is 4.17. The van der Waals surface area contributed by atoms with Crippen LogP contribution in [0.25, 0.3) is 0 Å². The molecular weight excluding hydrogens is 244 g/mol. The van der Waals surface area contributed by atoms with Crippen molar-refractivity contribution in [3.63, 3.8) is 0 Å². The summed E-state index contributed by atoms with van der Waals surface area (Å²) in [6, 6.07) is 3.30. The minimum Gasteiger partial charge on any atom is -0.348 e. The Morgan fingerprint density at radius 1 is 1.47 bits per heavy atom. The normalized spacial score (nSPS) is 10.3. The zero-order valence-corrected chi connectivity index (χ0v) is 10.8. The predicted octanol–water partition coefficient (Wildman–Crippen LogP) is 0.339. The molecule has 19 heavy (non-hydrogen) atoms. The lowest BCUT2D eigenvalue weighted by atomic mass is 10.2. The first kappa shape index (κ1) is 13.0. The Hall–Kier alpha value is -2.41. The van der Waals surface area contributed by atoms with E-state index in [1.807, 2.05) is 20.2 Å². The molecule has 2 aromatic rings. The Kier molecular flexibility index (Phi) is 3.76. The van der Waals surface area contributed by atoms with Gasteiger partial charge in [0.15, 0.2) is 0 Å². The van der Waals surface area contributed by atoms with Gasteiger partial charge in [-0.15, -0.1) is 0 Å². The van der Waals surface area contributed by atoms with Crippen LogP contribution >= 0.6 is 0 Å². The maximum absolute atomic E-state index is 11.9. The number of nitrogens with zero attached hydrogens (tertiary/aromatic N) is 3. The van der Waals surface area contributed by atoms with Crippen LogP contribution in [0, 0.1) is 6.92 Å². The highest BCUT2D eigenvalue weighted by atomic mass is 16.1.